The number of para-hydroxylation sites is 1. The van der Waals surface area contributed by atoms with Gasteiger partial charge in [-0.1, -0.05) is 220 Å². The number of aromatic nitrogens is 4. The van der Waals surface area contributed by atoms with Crippen molar-refractivity contribution in [2.45, 2.75) is 19.3 Å². The van der Waals surface area contributed by atoms with Crippen LogP contribution in [0.15, 0.2) is 218 Å². The van der Waals surface area contributed by atoms with Crippen LogP contribution >= 0.6 is 0 Å². The molecule has 0 spiro atoms. The largest absolute Gasteiger partial charge is 0.277 e. The summed E-state index contributed by atoms with van der Waals surface area (Å²) in [5.74, 6) is 1.78. The maximum absolute atomic E-state index is 5.44. The molecule has 2 aromatic heterocycles. The third-order valence-electron chi connectivity index (χ3n) is 13.9. The second-order valence-electron chi connectivity index (χ2n) is 18.0. The van der Waals surface area contributed by atoms with Crippen LogP contribution in [0.5, 0.6) is 0 Å². The zero-order valence-electron chi connectivity index (χ0n) is 36.6. The molecular weight excluding hydrogens is 801 g/mol. The molecule has 1 aliphatic carbocycles. The smallest absolute Gasteiger partial charge is 0.238 e. The summed E-state index contributed by atoms with van der Waals surface area (Å²) in [4.78, 5) is 16.1. The first-order valence-electron chi connectivity index (χ1n) is 22.7. The van der Waals surface area contributed by atoms with E-state index in [0.717, 1.165) is 60.9 Å². The molecule has 0 unspecified atom stereocenters. The second kappa shape index (κ2) is 14.8. The fourth-order valence-electron chi connectivity index (χ4n) is 10.6. The predicted octanol–water partition coefficient (Wildman–Crippen LogP) is 15.9. The molecular formula is C62H42N4. The van der Waals surface area contributed by atoms with E-state index < -0.39 is 0 Å². The van der Waals surface area contributed by atoms with Crippen LogP contribution in [0.2, 0.25) is 0 Å². The number of rotatable bonds is 6. The average Bonchev–Trinajstić information content (AvgIpc) is 3.85. The van der Waals surface area contributed by atoms with Crippen molar-refractivity contribution in [1.82, 2.24) is 19.5 Å². The summed E-state index contributed by atoms with van der Waals surface area (Å²) < 4.78 is 2.29. The van der Waals surface area contributed by atoms with Crippen molar-refractivity contribution < 1.29 is 0 Å². The normalized spacial score (nSPS) is 12.8. The van der Waals surface area contributed by atoms with Gasteiger partial charge in [-0.3, -0.25) is 4.57 Å². The monoisotopic (exact) mass is 842 g/mol. The molecule has 0 aliphatic heterocycles. The van der Waals surface area contributed by atoms with Crippen LogP contribution in [-0.2, 0) is 5.41 Å². The first kappa shape index (κ1) is 38.0. The van der Waals surface area contributed by atoms with Crippen LogP contribution in [0.25, 0.3) is 117 Å². The van der Waals surface area contributed by atoms with E-state index in [1.165, 1.54) is 49.2 Å². The molecule has 66 heavy (non-hydrogen) atoms. The van der Waals surface area contributed by atoms with E-state index in [-0.39, 0.29) is 5.41 Å². The molecule has 0 N–H and O–H groups in total. The fourth-order valence-corrected chi connectivity index (χ4v) is 10.6. The van der Waals surface area contributed by atoms with Crippen molar-refractivity contribution >= 4 is 43.4 Å². The maximum atomic E-state index is 5.44. The Hall–Kier alpha value is -8.47. The van der Waals surface area contributed by atoms with Crippen molar-refractivity contribution in [3.63, 3.8) is 0 Å². The number of hydrogen-bond acceptors (Lipinski definition) is 3. The van der Waals surface area contributed by atoms with Gasteiger partial charge in [0.05, 0.1) is 11.0 Å². The summed E-state index contributed by atoms with van der Waals surface area (Å²) in [6.45, 7) is 4.71. The van der Waals surface area contributed by atoms with E-state index in [0.29, 0.717) is 17.6 Å². The summed E-state index contributed by atoms with van der Waals surface area (Å²) in [6.07, 6.45) is 0. The Morgan fingerprint density at radius 1 is 0.364 bits per heavy atom. The Bertz CT molecular complexity index is 3770. The Balaban J connectivity index is 1.07. The van der Waals surface area contributed by atoms with Gasteiger partial charge in [0.25, 0.3) is 0 Å². The van der Waals surface area contributed by atoms with Gasteiger partial charge in [0.2, 0.25) is 5.95 Å². The van der Waals surface area contributed by atoms with Crippen LogP contribution in [0.4, 0.5) is 0 Å². The Labute approximate surface area is 383 Å². The third kappa shape index (κ3) is 5.95. The molecule has 12 aromatic rings. The zero-order valence-corrected chi connectivity index (χ0v) is 36.6. The van der Waals surface area contributed by atoms with Gasteiger partial charge in [-0.15, -0.1) is 0 Å². The summed E-state index contributed by atoms with van der Waals surface area (Å²) >= 11 is 0. The molecule has 0 amide bonds. The topological polar surface area (TPSA) is 43.6 Å². The van der Waals surface area contributed by atoms with Crippen molar-refractivity contribution in [3.05, 3.63) is 230 Å². The van der Waals surface area contributed by atoms with Crippen LogP contribution < -0.4 is 0 Å². The Morgan fingerprint density at radius 2 is 0.864 bits per heavy atom. The van der Waals surface area contributed by atoms with E-state index in [9.17, 15) is 0 Å². The summed E-state index contributed by atoms with van der Waals surface area (Å²) in [5.41, 5.74) is 16.0. The van der Waals surface area contributed by atoms with E-state index in [4.69, 9.17) is 15.0 Å². The molecule has 0 radical (unpaired) electrons. The van der Waals surface area contributed by atoms with E-state index in [2.05, 4.69) is 225 Å². The number of hydrogen-bond donors (Lipinski definition) is 0. The van der Waals surface area contributed by atoms with Gasteiger partial charge in [-0.2, -0.15) is 9.97 Å². The van der Waals surface area contributed by atoms with Crippen LogP contribution in [0.1, 0.15) is 25.0 Å². The van der Waals surface area contributed by atoms with Gasteiger partial charge in [0.1, 0.15) is 0 Å². The second-order valence-corrected chi connectivity index (χ2v) is 18.0. The predicted molar refractivity (Wildman–Crippen MR) is 274 cm³/mol. The average molecular weight is 843 g/mol. The number of nitrogens with zero attached hydrogens (tertiary/aromatic N) is 4. The molecule has 0 saturated heterocycles. The molecule has 0 fully saturated rings. The van der Waals surface area contributed by atoms with Crippen molar-refractivity contribution in [2.75, 3.05) is 0 Å². The lowest BCUT2D eigenvalue weighted by Crippen LogP contribution is -2.14. The molecule has 310 valence electrons. The van der Waals surface area contributed by atoms with Gasteiger partial charge in [0, 0.05) is 32.9 Å². The van der Waals surface area contributed by atoms with Crippen LogP contribution in [-0.4, -0.2) is 19.5 Å². The van der Waals surface area contributed by atoms with Crippen LogP contribution in [0, 0.1) is 0 Å². The van der Waals surface area contributed by atoms with Crippen molar-refractivity contribution in [1.29, 1.82) is 0 Å². The lowest BCUT2D eigenvalue weighted by molar-refractivity contribution is 0.661. The number of fused-ring (bicyclic) bond motifs is 10. The highest BCUT2D eigenvalue weighted by atomic mass is 15.2. The van der Waals surface area contributed by atoms with Crippen molar-refractivity contribution in [2.24, 2.45) is 0 Å². The molecule has 4 nitrogen and oxygen atoms in total. The Kier molecular flexibility index (Phi) is 8.53. The van der Waals surface area contributed by atoms with Gasteiger partial charge in [-0.05, 0) is 83.7 Å². The summed E-state index contributed by atoms with van der Waals surface area (Å²) in [5, 5.41) is 7.24. The molecule has 0 atom stereocenters. The highest BCUT2D eigenvalue weighted by molar-refractivity contribution is 6.23. The lowest BCUT2D eigenvalue weighted by Gasteiger charge is -2.21. The molecule has 13 rings (SSSR count). The maximum Gasteiger partial charge on any atom is 0.238 e. The minimum Gasteiger partial charge on any atom is -0.277 e. The third-order valence-corrected chi connectivity index (χ3v) is 13.9. The first-order valence-corrected chi connectivity index (χ1v) is 22.7. The quantitative estimate of drug-likeness (QED) is 0.167. The van der Waals surface area contributed by atoms with Crippen LogP contribution in [0.3, 0.4) is 0 Å². The lowest BCUT2D eigenvalue weighted by atomic mass is 9.82. The van der Waals surface area contributed by atoms with Gasteiger partial charge in [0.15, 0.2) is 11.6 Å². The van der Waals surface area contributed by atoms with Crippen molar-refractivity contribution in [3.8, 4) is 73.2 Å². The molecule has 0 saturated carbocycles. The van der Waals surface area contributed by atoms with Gasteiger partial charge in [-0.25, -0.2) is 4.98 Å². The zero-order chi connectivity index (χ0) is 43.9. The highest BCUT2D eigenvalue weighted by Gasteiger charge is 2.36. The molecule has 2 heterocycles. The fraction of sp³-hybridized carbons (Fsp3) is 0.0484. The van der Waals surface area contributed by atoms with Gasteiger partial charge >= 0.3 is 0 Å². The SMILES string of the molecule is CC1(C)c2ccc(-c3cccc4c5c6ccccc6ccc5n(-c5nc(-c6ccc(-c7ccccc7)cc6)nc(-c6ccc(-c7ccccc7)cc6)n5)c34)cc2-c2c1ccc1ccccc21. The standard InChI is InChI=1S/C62H42N4/c1-62(2)53-35-33-47(38-52(53)56-48-20-11-9-18-43(48)32-36-54(56)62)50-22-13-23-51-57-49-21-12-10-19-44(49)34-37-55(57)66(58(50)51)61-64-59(45-28-24-41(25-29-45)39-14-5-3-6-15-39)63-60(65-61)46-30-26-42(27-31-46)40-16-7-4-8-17-40/h3-38H,1-2H3. The summed E-state index contributed by atoms with van der Waals surface area (Å²) in [7, 11) is 0. The minimum absolute atomic E-state index is 0.136. The van der Waals surface area contributed by atoms with E-state index in [1.54, 1.807) is 0 Å². The molecule has 10 aromatic carbocycles. The molecule has 0 bridgehead atoms. The van der Waals surface area contributed by atoms with E-state index in [1.807, 2.05) is 12.1 Å². The van der Waals surface area contributed by atoms with Gasteiger partial charge < -0.3 is 0 Å². The highest BCUT2D eigenvalue weighted by Crippen LogP contribution is 2.53. The van der Waals surface area contributed by atoms with E-state index >= 15 is 0 Å². The minimum atomic E-state index is -0.136. The summed E-state index contributed by atoms with van der Waals surface area (Å²) in [6, 6.07) is 78.5. The number of benzene rings is 10. The molecule has 4 heteroatoms. The molecule has 1 aliphatic rings. The Morgan fingerprint density at radius 3 is 1.52 bits per heavy atom. The first-order chi connectivity index (χ1) is 32.5.